The molecule has 0 N–H and O–H groups in total. The lowest BCUT2D eigenvalue weighted by atomic mass is 9.55. The third kappa shape index (κ3) is 4.55. The fraction of sp³-hybridized carbons (Fsp3) is 0.581. The smallest absolute Gasteiger partial charge is 0.193 e. The first-order valence-electron chi connectivity index (χ1n) is 13.8. The summed E-state index contributed by atoms with van der Waals surface area (Å²) < 4.78 is 20.1. The number of hydrogen-bond acceptors (Lipinski definition) is 3. The molecule has 0 bridgehead atoms. The molecule has 0 saturated heterocycles. The van der Waals surface area contributed by atoms with Crippen molar-refractivity contribution in [1.29, 1.82) is 0 Å². The van der Waals surface area contributed by atoms with Gasteiger partial charge in [0, 0.05) is 13.0 Å². The van der Waals surface area contributed by atoms with Crippen LogP contribution in [0.15, 0.2) is 47.4 Å². The Balaban J connectivity index is 1.48. The van der Waals surface area contributed by atoms with Crippen LogP contribution in [-0.4, -0.2) is 31.2 Å². The number of Topliss-reactive ketones (excluding diaryl/α,β-unsaturated/α-hetero) is 1. The van der Waals surface area contributed by atoms with E-state index in [0.29, 0.717) is 18.4 Å². The summed E-state index contributed by atoms with van der Waals surface area (Å²) in [5.41, 5.74) is 5.24. The molecule has 194 valence electrons. The molecule has 0 amide bonds. The normalized spacial score (nSPS) is 30.6. The summed E-state index contributed by atoms with van der Waals surface area (Å²) >= 11 is -1.32. The van der Waals surface area contributed by atoms with E-state index in [1.807, 2.05) is 31.2 Å². The lowest BCUT2D eigenvalue weighted by Gasteiger charge is -2.49. The van der Waals surface area contributed by atoms with Crippen molar-refractivity contribution in [2.24, 2.45) is 17.3 Å². The van der Waals surface area contributed by atoms with Crippen molar-refractivity contribution < 1.29 is 13.8 Å². The summed E-state index contributed by atoms with van der Waals surface area (Å²) in [6.45, 7) is 13.8. The second-order valence-electron chi connectivity index (χ2n) is 12.8. The lowest BCUT2D eigenvalue weighted by molar-refractivity contribution is -0.133. The number of carbonyl (C=O) groups excluding carboxylic acids is 1. The fourth-order valence-corrected chi connectivity index (χ4v) is 9.39. The van der Waals surface area contributed by atoms with Gasteiger partial charge in [0.25, 0.3) is 0 Å². The minimum Gasteiger partial charge on any atom is -0.611 e. The highest BCUT2D eigenvalue weighted by Crippen LogP contribution is 2.61. The molecule has 3 nitrogen and oxygen atoms in total. The van der Waals surface area contributed by atoms with E-state index in [-0.39, 0.29) is 17.1 Å². The maximum Gasteiger partial charge on any atom is 0.193 e. The highest BCUT2D eigenvalue weighted by atomic mass is 32.2. The summed E-state index contributed by atoms with van der Waals surface area (Å²) in [5, 5.41) is -0.418. The average molecular weight is 523 g/mol. The zero-order chi connectivity index (χ0) is 25.8. The number of ketones is 1. The summed E-state index contributed by atoms with van der Waals surface area (Å²) in [4.78, 5) is 15.0. The maximum absolute atomic E-state index is 14.2. The van der Waals surface area contributed by atoms with Gasteiger partial charge in [0.15, 0.2) is 25.0 Å². The zero-order valence-electron chi connectivity index (χ0n) is 22.8. The topological polar surface area (TPSA) is 49.4 Å². The van der Waals surface area contributed by atoms with E-state index in [0.717, 1.165) is 42.6 Å². The first-order valence-corrected chi connectivity index (χ1v) is 17.8. The van der Waals surface area contributed by atoms with Crippen molar-refractivity contribution in [2.75, 3.05) is 6.61 Å². The molecule has 2 aromatic carbocycles. The van der Waals surface area contributed by atoms with E-state index < -0.39 is 30.9 Å². The largest absolute Gasteiger partial charge is 0.611 e. The van der Waals surface area contributed by atoms with Crippen LogP contribution in [0.5, 0.6) is 0 Å². The Hall–Kier alpha value is -1.40. The van der Waals surface area contributed by atoms with Gasteiger partial charge in [-0.05, 0) is 109 Å². The molecule has 3 aliphatic rings. The van der Waals surface area contributed by atoms with E-state index in [4.69, 9.17) is 4.43 Å². The number of carbonyl (C=O) groups is 1. The molecule has 5 rings (SSSR count). The molecule has 6 atom stereocenters. The third-order valence-corrected chi connectivity index (χ3v) is 11.7. The quantitative estimate of drug-likeness (QED) is 0.333. The van der Waals surface area contributed by atoms with E-state index in [1.54, 1.807) is 0 Å². The Kier molecular flexibility index (Phi) is 7.08. The SMILES string of the molecule is Cc1ccc([S+]([O-])C2C[C@H]3[C@@H]4CCc5cc(C(C)(C)C)ccc5[C@H]4CC[C@]3(CO[SiH](C)C)C2=O)cc1. The Morgan fingerprint density at radius 1 is 1.11 bits per heavy atom. The van der Waals surface area contributed by atoms with Crippen LogP contribution in [0.4, 0.5) is 0 Å². The number of aryl methyl sites for hydroxylation is 2. The molecule has 2 fully saturated rings. The Labute approximate surface area is 222 Å². The predicted molar refractivity (Wildman–Crippen MR) is 151 cm³/mol. The van der Waals surface area contributed by atoms with Crippen molar-refractivity contribution in [3.63, 3.8) is 0 Å². The minimum absolute atomic E-state index is 0.150. The highest BCUT2D eigenvalue weighted by molar-refractivity contribution is 7.92. The second-order valence-corrected chi connectivity index (χ2v) is 16.9. The summed E-state index contributed by atoms with van der Waals surface area (Å²) in [7, 11) is -1.28. The first kappa shape index (κ1) is 26.2. The molecule has 0 heterocycles. The standard InChI is InChI=1S/C31H42O3SSi/c1-20-7-11-23(12-8-20)35(33)28-18-27-26-13-9-21-17-22(30(2,3)4)10-14-24(21)25(26)15-16-31(27,29(28)32)19-34-36(5)6/h7-8,10-12,14,17,25-28,36H,9,13,15-16,18-19H2,1-6H3/t25-,26-,27+,28?,31-,35?/m1/s1. The molecule has 2 saturated carbocycles. The van der Waals surface area contributed by atoms with Crippen molar-refractivity contribution in [1.82, 2.24) is 0 Å². The van der Waals surface area contributed by atoms with Gasteiger partial charge in [0.1, 0.15) is 0 Å². The number of fused-ring (bicyclic) bond motifs is 5. The van der Waals surface area contributed by atoms with Gasteiger partial charge in [-0.25, -0.2) is 0 Å². The van der Waals surface area contributed by atoms with Gasteiger partial charge in [-0.15, -0.1) is 0 Å². The van der Waals surface area contributed by atoms with Crippen molar-refractivity contribution in [2.45, 2.75) is 94.4 Å². The Morgan fingerprint density at radius 2 is 1.83 bits per heavy atom. The highest BCUT2D eigenvalue weighted by Gasteiger charge is 2.63. The van der Waals surface area contributed by atoms with Crippen LogP contribution in [0.1, 0.15) is 74.6 Å². The van der Waals surface area contributed by atoms with Gasteiger partial charge < -0.3 is 8.98 Å². The van der Waals surface area contributed by atoms with Crippen LogP contribution in [0.25, 0.3) is 0 Å². The molecule has 0 radical (unpaired) electrons. The van der Waals surface area contributed by atoms with Crippen LogP contribution in [0.3, 0.4) is 0 Å². The van der Waals surface area contributed by atoms with Gasteiger partial charge in [-0.1, -0.05) is 56.7 Å². The zero-order valence-corrected chi connectivity index (χ0v) is 24.8. The van der Waals surface area contributed by atoms with Gasteiger partial charge in [0.05, 0.1) is 5.41 Å². The summed E-state index contributed by atoms with van der Waals surface area (Å²) in [6, 6.07) is 15.0. The summed E-state index contributed by atoms with van der Waals surface area (Å²) in [6.07, 6.45) is 4.82. The molecule has 36 heavy (non-hydrogen) atoms. The van der Waals surface area contributed by atoms with Crippen LogP contribution >= 0.6 is 0 Å². The van der Waals surface area contributed by atoms with E-state index in [1.165, 1.54) is 16.7 Å². The second kappa shape index (κ2) is 9.72. The molecular formula is C31H42O3SSi. The monoisotopic (exact) mass is 522 g/mol. The molecule has 0 spiro atoms. The maximum atomic E-state index is 14.2. The van der Waals surface area contributed by atoms with Gasteiger partial charge in [-0.3, -0.25) is 4.79 Å². The van der Waals surface area contributed by atoms with Gasteiger partial charge >= 0.3 is 0 Å². The Morgan fingerprint density at radius 3 is 2.50 bits per heavy atom. The van der Waals surface area contributed by atoms with Gasteiger partial charge in [-0.2, -0.15) is 0 Å². The van der Waals surface area contributed by atoms with Crippen molar-refractivity contribution in [3.8, 4) is 0 Å². The molecule has 2 aromatic rings. The molecule has 0 aromatic heterocycles. The molecule has 3 aliphatic carbocycles. The molecular weight excluding hydrogens is 480 g/mol. The third-order valence-electron chi connectivity index (χ3n) is 9.24. The van der Waals surface area contributed by atoms with Crippen LogP contribution in [0.2, 0.25) is 13.1 Å². The molecule has 0 aliphatic heterocycles. The number of hydrogen-bond donors (Lipinski definition) is 0. The van der Waals surface area contributed by atoms with E-state index in [9.17, 15) is 9.35 Å². The van der Waals surface area contributed by atoms with Crippen LogP contribution in [0, 0.1) is 24.2 Å². The lowest BCUT2D eigenvalue weighted by Crippen LogP contribution is -2.48. The fourth-order valence-electron chi connectivity index (χ4n) is 7.22. The predicted octanol–water partition coefficient (Wildman–Crippen LogP) is 6.48. The van der Waals surface area contributed by atoms with Crippen molar-refractivity contribution in [3.05, 3.63) is 64.7 Å². The Bertz CT molecular complexity index is 1120. The van der Waals surface area contributed by atoms with Crippen molar-refractivity contribution >= 4 is 26.0 Å². The molecule has 5 heteroatoms. The van der Waals surface area contributed by atoms with E-state index in [2.05, 4.69) is 52.1 Å². The number of rotatable bonds is 5. The number of benzene rings is 2. The molecule has 2 unspecified atom stereocenters. The summed E-state index contributed by atoms with van der Waals surface area (Å²) in [5.74, 6) is 1.43. The van der Waals surface area contributed by atoms with Crippen LogP contribution in [-0.2, 0) is 32.2 Å². The van der Waals surface area contributed by atoms with Crippen LogP contribution < -0.4 is 0 Å². The van der Waals surface area contributed by atoms with E-state index >= 15 is 0 Å². The van der Waals surface area contributed by atoms with Gasteiger partial charge in [0.2, 0.25) is 0 Å². The average Bonchev–Trinajstić information content (AvgIpc) is 3.14. The first-order chi connectivity index (χ1) is 17.0. The minimum atomic E-state index is -1.32.